The number of hydrogen-bond acceptors (Lipinski definition) is 1. The molecular weight excluding hydrogens is 356 g/mol. The summed E-state index contributed by atoms with van der Waals surface area (Å²) >= 11 is 4.81. The van der Waals surface area contributed by atoms with E-state index in [1.165, 1.54) is 70.6 Å². The van der Waals surface area contributed by atoms with Gasteiger partial charge in [0.2, 0.25) is 0 Å². The molecule has 8 atom stereocenters. The van der Waals surface area contributed by atoms with Crippen molar-refractivity contribution in [2.24, 2.45) is 46.3 Å². The summed E-state index contributed by atoms with van der Waals surface area (Å²) in [6, 6.07) is 0. The molecule has 3 fully saturated rings. The molecular formula is C27H46S. The van der Waals surface area contributed by atoms with Crippen LogP contribution in [-0.2, 0) is 0 Å². The Morgan fingerprint density at radius 2 is 1.75 bits per heavy atom. The molecule has 4 rings (SSSR count). The first-order valence-corrected chi connectivity index (χ1v) is 13.2. The number of hydrogen-bond donors (Lipinski definition) is 1. The van der Waals surface area contributed by atoms with Crippen molar-refractivity contribution in [2.45, 2.75) is 110 Å². The van der Waals surface area contributed by atoms with Gasteiger partial charge in [-0.15, -0.1) is 0 Å². The van der Waals surface area contributed by atoms with Gasteiger partial charge in [-0.05, 0) is 97.7 Å². The van der Waals surface area contributed by atoms with Gasteiger partial charge in [-0.25, -0.2) is 0 Å². The molecule has 0 nitrogen and oxygen atoms in total. The van der Waals surface area contributed by atoms with Crippen molar-refractivity contribution in [3.05, 3.63) is 11.6 Å². The van der Waals surface area contributed by atoms with Gasteiger partial charge in [0, 0.05) is 5.25 Å². The number of rotatable bonds is 5. The molecule has 28 heavy (non-hydrogen) atoms. The van der Waals surface area contributed by atoms with Crippen LogP contribution in [0.2, 0.25) is 0 Å². The Kier molecular flexibility index (Phi) is 6.07. The summed E-state index contributed by atoms with van der Waals surface area (Å²) in [5.41, 5.74) is 2.93. The van der Waals surface area contributed by atoms with Crippen LogP contribution in [0.3, 0.4) is 0 Å². The number of fused-ring (bicyclic) bond motifs is 5. The van der Waals surface area contributed by atoms with Gasteiger partial charge in [0.1, 0.15) is 0 Å². The summed E-state index contributed by atoms with van der Waals surface area (Å²) in [6.45, 7) is 12.7. The van der Waals surface area contributed by atoms with Gasteiger partial charge in [-0.1, -0.05) is 65.5 Å². The highest BCUT2D eigenvalue weighted by molar-refractivity contribution is 7.81. The van der Waals surface area contributed by atoms with Crippen LogP contribution in [0, 0.1) is 46.3 Å². The topological polar surface area (TPSA) is 0 Å². The third-order valence-electron chi connectivity index (χ3n) is 10.3. The fourth-order valence-corrected chi connectivity index (χ4v) is 9.04. The SMILES string of the molecule is CC(C)CCC[C@H](C)[C@H]1CC[C@@H]2[C@H]3CCC4=C[C@@H](S)CC[C@]4(C)[C@@H]3CC[C@@]21C. The minimum Gasteiger partial charge on any atom is -0.172 e. The molecule has 4 aliphatic rings. The molecule has 0 spiro atoms. The fraction of sp³-hybridized carbons (Fsp3) is 0.926. The third-order valence-corrected chi connectivity index (χ3v) is 10.7. The molecule has 0 aromatic heterocycles. The maximum Gasteiger partial charge on any atom is 0.0199 e. The molecule has 0 aromatic rings. The highest BCUT2D eigenvalue weighted by atomic mass is 32.1. The summed E-state index contributed by atoms with van der Waals surface area (Å²) in [5.74, 6) is 5.76. The van der Waals surface area contributed by atoms with E-state index in [2.05, 4.69) is 40.7 Å². The van der Waals surface area contributed by atoms with Crippen molar-refractivity contribution in [3.63, 3.8) is 0 Å². The molecule has 0 heterocycles. The van der Waals surface area contributed by atoms with Gasteiger partial charge in [-0.3, -0.25) is 0 Å². The van der Waals surface area contributed by atoms with Crippen LogP contribution in [0.5, 0.6) is 0 Å². The van der Waals surface area contributed by atoms with Gasteiger partial charge >= 0.3 is 0 Å². The molecule has 0 bridgehead atoms. The standard InChI is InChI=1S/C27H46S/c1-18(2)7-6-8-19(3)23-11-12-24-22-10-9-20-17-21(28)13-15-26(20,4)25(22)14-16-27(23,24)5/h17-19,21-25,28H,6-16H2,1-5H3/t19-,21-,22+,23+,24+,25+,26-,27+/m0/s1. The average molecular weight is 403 g/mol. The zero-order chi connectivity index (χ0) is 20.1. The van der Waals surface area contributed by atoms with Crippen molar-refractivity contribution in [3.8, 4) is 0 Å². The van der Waals surface area contributed by atoms with Gasteiger partial charge in [0.15, 0.2) is 0 Å². The lowest BCUT2D eigenvalue weighted by Crippen LogP contribution is -2.51. The Morgan fingerprint density at radius 1 is 0.964 bits per heavy atom. The van der Waals surface area contributed by atoms with Crippen LogP contribution in [0.15, 0.2) is 11.6 Å². The highest BCUT2D eigenvalue weighted by Gasteiger charge is 2.59. The number of thiol groups is 1. The second-order valence-electron chi connectivity index (χ2n) is 12.2. The van der Waals surface area contributed by atoms with Crippen molar-refractivity contribution in [1.29, 1.82) is 0 Å². The summed E-state index contributed by atoms with van der Waals surface area (Å²) < 4.78 is 0. The van der Waals surface area contributed by atoms with E-state index in [0.717, 1.165) is 35.5 Å². The molecule has 0 aromatic carbocycles. The van der Waals surface area contributed by atoms with Crippen LogP contribution in [-0.4, -0.2) is 5.25 Å². The lowest BCUT2D eigenvalue weighted by molar-refractivity contribution is -0.0590. The van der Waals surface area contributed by atoms with Crippen LogP contribution in [0.4, 0.5) is 0 Å². The largest absolute Gasteiger partial charge is 0.172 e. The van der Waals surface area contributed by atoms with E-state index >= 15 is 0 Å². The smallest absolute Gasteiger partial charge is 0.0199 e. The van der Waals surface area contributed by atoms with Gasteiger partial charge in [-0.2, -0.15) is 12.6 Å². The van der Waals surface area contributed by atoms with Crippen molar-refractivity contribution >= 4 is 12.6 Å². The Hall–Kier alpha value is 0.0900. The summed E-state index contributed by atoms with van der Waals surface area (Å²) in [5, 5.41) is 0.524. The van der Waals surface area contributed by atoms with Crippen LogP contribution >= 0.6 is 12.6 Å². The second-order valence-corrected chi connectivity index (χ2v) is 12.8. The quantitative estimate of drug-likeness (QED) is 0.347. The summed E-state index contributed by atoms with van der Waals surface area (Å²) in [7, 11) is 0. The van der Waals surface area contributed by atoms with Crippen molar-refractivity contribution in [2.75, 3.05) is 0 Å². The van der Waals surface area contributed by atoms with Crippen LogP contribution < -0.4 is 0 Å². The predicted octanol–water partition coefficient (Wildman–Crippen LogP) is 8.33. The maximum atomic E-state index is 4.81. The molecule has 0 amide bonds. The molecule has 0 aliphatic heterocycles. The Balaban J connectivity index is 1.48. The summed E-state index contributed by atoms with van der Waals surface area (Å²) in [6.07, 6.45) is 18.5. The third kappa shape index (κ3) is 3.54. The highest BCUT2D eigenvalue weighted by Crippen LogP contribution is 2.67. The molecule has 3 saturated carbocycles. The average Bonchev–Trinajstić information content (AvgIpc) is 2.99. The van der Waals surface area contributed by atoms with Gasteiger partial charge in [0.05, 0.1) is 0 Å². The van der Waals surface area contributed by atoms with Gasteiger partial charge < -0.3 is 0 Å². The van der Waals surface area contributed by atoms with Crippen LogP contribution in [0.1, 0.15) is 105 Å². The zero-order valence-corrected chi connectivity index (χ0v) is 20.2. The summed E-state index contributed by atoms with van der Waals surface area (Å²) in [4.78, 5) is 0. The zero-order valence-electron chi connectivity index (χ0n) is 19.3. The van der Waals surface area contributed by atoms with Crippen molar-refractivity contribution in [1.82, 2.24) is 0 Å². The van der Waals surface area contributed by atoms with E-state index in [4.69, 9.17) is 12.6 Å². The minimum absolute atomic E-state index is 0.504. The van der Waals surface area contributed by atoms with E-state index in [1.54, 1.807) is 5.57 Å². The van der Waals surface area contributed by atoms with E-state index in [0.29, 0.717) is 16.1 Å². The first-order chi connectivity index (χ1) is 13.3. The minimum atomic E-state index is 0.504. The Morgan fingerprint density at radius 3 is 2.50 bits per heavy atom. The van der Waals surface area contributed by atoms with E-state index in [9.17, 15) is 0 Å². The molecule has 1 heteroatoms. The predicted molar refractivity (Wildman–Crippen MR) is 126 cm³/mol. The maximum absolute atomic E-state index is 4.81. The molecule has 4 aliphatic carbocycles. The Labute approximate surface area is 181 Å². The number of allylic oxidation sites excluding steroid dienone is 1. The fourth-order valence-electron chi connectivity index (χ4n) is 8.73. The molecule has 0 radical (unpaired) electrons. The van der Waals surface area contributed by atoms with E-state index < -0.39 is 0 Å². The monoisotopic (exact) mass is 402 g/mol. The first-order valence-electron chi connectivity index (χ1n) is 12.6. The molecule has 0 N–H and O–H groups in total. The van der Waals surface area contributed by atoms with Crippen molar-refractivity contribution < 1.29 is 0 Å². The van der Waals surface area contributed by atoms with E-state index in [-0.39, 0.29) is 0 Å². The molecule has 0 saturated heterocycles. The van der Waals surface area contributed by atoms with E-state index in [1.807, 2.05) is 0 Å². The second kappa shape index (κ2) is 7.97. The molecule has 0 unspecified atom stereocenters. The first kappa shape index (κ1) is 21.3. The van der Waals surface area contributed by atoms with Gasteiger partial charge in [0.25, 0.3) is 0 Å². The normalized spacial score (nSPS) is 46.5. The lowest BCUT2D eigenvalue weighted by atomic mass is 9.46. The lowest BCUT2D eigenvalue weighted by Gasteiger charge is -2.59. The Bertz CT molecular complexity index is 591. The molecule has 160 valence electrons. The van der Waals surface area contributed by atoms with Crippen LogP contribution in [0.25, 0.3) is 0 Å².